The Balaban J connectivity index is 2.22. The van der Waals surface area contributed by atoms with E-state index in [4.69, 9.17) is 0 Å². The predicted octanol–water partition coefficient (Wildman–Crippen LogP) is 2.70. The fraction of sp³-hybridized carbons (Fsp3) is 0.200. The normalized spacial score (nSPS) is 12.7. The largest absolute Gasteiger partial charge is 0.313 e. The molecule has 1 aromatic carbocycles. The maximum atomic E-state index is 4.50. The van der Waals surface area contributed by atoms with Gasteiger partial charge in [0.1, 0.15) is 0 Å². The highest BCUT2D eigenvalue weighted by Gasteiger charge is 2.13. The molecule has 0 radical (unpaired) electrons. The fourth-order valence-corrected chi connectivity index (χ4v) is 2.22. The van der Waals surface area contributed by atoms with E-state index in [9.17, 15) is 0 Å². The molecule has 0 amide bonds. The van der Waals surface area contributed by atoms with Crippen molar-refractivity contribution in [1.29, 1.82) is 0 Å². The number of pyridine rings is 1. The van der Waals surface area contributed by atoms with Gasteiger partial charge >= 0.3 is 0 Å². The molecule has 0 aliphatic heterocycles. The third kappa shape index (κ3) is 2.00. The van der Waals surface area contributed by atoms with Gasteiger partial charge in [0.2, 0.25) is 0 Å². The van der Waals surface area contributed by atoms with Crippen molar-refractivity contribution in [3.05, 3.63) is 54.4 Å². The minimum Gasteiger partial charge on any atom is -0.313 e. The molecule has 4 heteroatoms. The Morgan fingerprint density at radius 1 is 1.16 bits per heavy atom. The molecule has 1 atom stereocenters. The first-order chi connectivity index (χ1) is 9.31. The number of nitrogens with zero attached hydrogens (tertiary/aromatic N) is 3. The van der Waals surface area contributed by atoms with E-state index in [1.165, 1.54) is 0 Å². The molecule has 0 saturated heterocycles. The zero-order chi connectivity index (χ0) is 13.2. The van der Waals surface area contributed by atoms with Gasteiger partial charge in [-0.15, -0.1) is 0 Å². The Morgan fingerprint density at radius 3 is 2.84 bits per heavy atom. The second kappa shape index (κ2) is 4.82. The summed E-state index contributed by atoms with van der Waals surface area (Å²) in [5.74, 6) is 0.880. The summed E-state index contributed by atoms with van der Waals surface area (Å²) in [6, 6.07) is 12.4. The van der Waals surface area contributed by atoms with Gasteiger partial charge in [0.15, 0.2) is 5.82 Å². The first-order valence-electron chi connectivity index (χ1n) is 6.36. The maximum Gasteiger partial charge on any atom is 0.158 e. The molecule has 3 rings (SSSR count). The first kappa shape index (κ1) is 11.9. The summed E-state index contributed by atoms with van der Waals surface area (Å²) in [6.45, 7) is 2.12. The number of para-hydroxylation sites is 1. The molecule has 2 aromatic heterocycles. The van der Waals surface area contributed by atoms with E-state index in [-0.39, 0.29) is 6.04 Å². The van der Waals surface area contributed by atoms with Crippen LogP contribution in [0.15, 0.2) is 48.8 Å². The minimum atomic E-state index is 0.228. The van der Waals surface area contributed by atoms with Crippen molar-refractivity contribution >= 4 is 10.9 Å². The lowest BCUT2D eigenvalue weighted by atomic mass is 10.1. The van der Waals surface area contributed by atoms with E-state index in [0.717, 1.165) is 22.3 Å². The maximum absolute atomic E-state index is 4.50. The molecule has 0 spiro atoms. The summed E-state index contributed by atoms with van der Waals surface area (Å²) < 4.78 is 1.90. The molecule has 1 unspecified atom stereocenters. The zero-order valence-electron chi connectivity index (χ0n) is 11.0. The second-order valence-corrected chi connectivity index (χ2v) is 4.54. The molecule has 2 heterocycles. The molecular formula is C15H16N4. The highest BCUT2D eigenvalue weighted by Crippen LogP contribution is 2.22. The molecule has 0 bridgehead atoms. The molecule has 3 aromatic rings. The zero-order valence-corrected chi connectivity index (χ0v) is 11.0. The number of benzene rings is 1. The van der Waals surface area contributed by atoms with Crippen LogP contribution in [-0.2, 0) is 0 Å². The average molecular weight is 252 g/mol. The van der Waals surface area contributed by atoms with Crippen molar-refractivity contribution in [2.75, 3.05) is 7.05 Å². The lowest BCUT2D eigenvalue weighted by Gasteiger charge is -2.15. The van der Waals surface area contributed by atoms with Gasteiger partial charge in [0.05, 0.1) is 11.7 Å². The van der Waals surface area contributed by atoms with Gasteiger partial charge < -0.3 is 5.32 Å². The minimum absolute atomic E-state index is 0.228. The van der Waals surface area contributed by atoms with Crippen LogP contribution < -0.4 is 5.32 Å². The lowest BCUT2D eigenvalue weighted by molar-refractivity contribution is 0.640. The van der Waals surface area contributed by atoms with Crippen LogP contribution in [0.25, 0.3) is 16.7 Å². The van der Waals surface area contributed by atoms with Gasteiger partial charge in [-0.05, 0) is 26.1 Å². The number of fused-ring (bicyclic) bond motifs is 1. The SMILES string of the molecule is CNC(C)c1cccnc1-n1ncc2ccccc21. The number of hydrogen-bond donors (Lipinski definition) is 1. The summed E-state index contributed by atoms with van der Waals surface area (Å²) >= 11 is 0. The number of rotatable bonds is 3. The number of hydrogen-bond acceptors (Lipinski definition) is 3. The smallest absolute Gasteiger partial charge is 0.158 e. The van der Waals surface area contributed by atoms with Crippen LogP contribution in [0.3, 0.4) is 0 Å². The van der Waals surface area contributed by atoms with Crippen LogP contribution in [0.5, 0.6) is 0 Å². The molecule has 1 N–H and O–H groups in total. The van der Waals surface area contributed by atoms with Gasteiger partial charge in [-0.3, -0.25) is 0 Å². The van der Waals surface area contributed by atoms with Crippen molar-refractivity contribution in [2.45, 2.75) is 13.0 Å². The van der Waals surface area contributed by atoms with Gasteiger partial charge in [-0.2, -0.15) is 5.10 Å². The molecule has 96 valence electrons. The van der Waals surface area contributed by atoms with Crippen molar-refractivity contribution in [3.63, 3.8) is 0 Å². The van der Waals surface area contributed by atoms with E-state index in [1.807, 2.05) is 36.1 Å². The summed E-state index contributed by atoms with van der Waals surface area (Å²) in [7, 11) is 1.95. The van der Waals surface area contributed by atoms with Crippen LogP contribution in [0.1, 0.15) is 18.5 Å². The topological polar surface area (TPSA) is 42.7 Å². The fourth-order valence-electron chi connectivity index (χ4n) is 2.22. The third-order valence-electron chi connectivity index (χ3n) is 3.39. The van der Waals surface area contributed by atoms with Crippen LogP contribution in [0.2, 0.25) is 0 Å². The Morgan fingerprint density at radius 2 is 2.00 bits per heavy atom. The first-order valence-corrected chi connectivity index (χ1v) is 6.36. The Bertz CT molecular complexity index is 702. The molecule has 4 nitrogen and oxygen atoms in total. The van der Waals surface area contributed by atoms with Crippen LogP contribution >= 0.6 is 0 Å². The molecule has 0 fully saturated rings. The lowest BCUT2D eigenvalue weighted by Crippen LogP contribution is -2.16. The van der Waals surface area contributed by atoms with Gasteiger partial charge in [-0.1, -0.05) is 24.3 Å². The predicted molar refractivity (Wildman–Crippen MR) is 76.3 cm³/mol. The van der Waals surface area contributed by atoms with Crippen LogP contribution in [-0.4, -0.2) is 21.8 Å². The van der Waals surface area contributed by atoms with Gasteiger partial charge in [-0.25, -0.2) is 9.67 Å². The molecule has 0 aliphatic carbocycles. The number of aromatic nitrogens is 3. The van der Waals surface area contributed by atoms with Crippen molar-refractivity contribution in [1.82, 2.24) is 20.1 Å². The molecule has 0 saturated carbocycles. The van der Waals surface area contributed by atoms with Gasteiger partial charge in [0, 0.05) is 23.2 Å². The Hall–Kier alpha value is -2.20. The van der Waals surface area contributed by atoms with Gasteiger partial charge in [0.25, 0.3) is 0 Å². The van der Waals surface area contributed by atoms with E-state index >= 15 is 0 Å². The highest BCUT2D eigenvalue weighted by molar-refractivity contribution is 5.80. The van der Waals surface area contributed by atoms with Crippen molar-refractivity contribution < 1.29 is 0 Å². The molecule has 0 aliphatic rings. The monoisotopic (exact) mass is 252 g/mol. The van der Waals surface area contributed by atoms with E-state index in [0.29, 0.717) is 0 Å². The Labute approximate surface area is 112 Å². The summed E-state index contributed by atoms with van der Waals surface area (Å²) in [4.78, 5) is 4.50. The van der Waals surface area contributed by atoms with Crippen LogP contribution in [0.4, 0.5) is 0 Å². The number of nitrogens with one attached hydrogen (secondary N) is 1. The average Bonchev–Trinajstić information content (AvgIpc) is 2.90. The Kier molecular flexibility index (Phi) is 3.01. The third-order valence-corrected chi connectivity index (χ3v) is 3.39. The van der Waals surface area contributed by atoms with Crippen molar-refractivity contribution in [2.24, 2.45) is 0 Å². The van der Waals surface area contributed by atoms with Crippen molar-refractivity contribution in [3.8, 4) is 5.82 Å². The van der Waals surface area contributed by atoms with Crippen LogP contribution in [0, 0.1) is 0 Å². The standard InChI is InChI=1S/C15H16N4/c1-11(16-2)13-7-5-9-17-15(13)19-14-8-4-3-6-12(14)10-18-19/h3-11,16H,1-2H3. The van der Waals surface area contributed by atoms with E-state index in [1.54, 1.807) is 6.20 Å². The van der Waals surface area contributed by atoms with E-state index < -0.39 is 0 Å². The molecular weight excluding hydrogens is 236 g/mol. The summed E-state index contributed by atoms with van der Waals surface area (Å²) in [5.41, 5.74) is 2.21. The second-order valence-electron chi connectivity index (χ2n) is 4.54. The molecule has 19 heavy (non-hydrogen) atoms. The highest BCUT2D eigenvalue weighted by atomic mass is 15.3. The summed E-state index contributed by atoms with van der Waals surface area (Å²) in [6.07, 6.45) is 3.68. The summed E-state index contributed by atoms with van der Waals surface area (Å²) in [5, 5.41) is 8.84. The quantitative estimate of drug-likeness (QED) is 0.779. The van der Waals surface area contributed by atoms with E-state index in [2.05, 4.69) is 40.5 Å².